The van der Waals surface area contributed by atoms with Crippen molar-refractivity contribution in [2.45, 2.75) is 31.6 Å². The highest BCUT2D eigenvalue weighted by Crippen LogP contribution is 2.32. The molecule has 32 heavy (non-hydrogen) atoms. The van der Waals surface area contributed by atoms with Crippen LogP contribution in [0.3, 0.4) is 0 Å². The highest BCUT2D eigenvalue weighted by atomic mass is 35.5. The van der Waals surface area contributed by atoms with Crippen LogP contribution in [0, 0.1) is 13.8 Å². The van der Waals surface area contributed by atoms with Gasteiger partial charge in [-0.25, -0.2) is 13.4 Å². The lowest BCUT2D eigenvalue weighted by molar-refractivity contribution is -0.131. The number of piperazine rings is 1. The number of hydrogen-bond acceptors (Lipinski definition) is 6. The number of carbonyl (C=O) groups excluding carboxylic acids is 1. The lowest BCUT2D eigenvalue weighted by atomic mass is 10.1. The van der Waals surface area contributed by atoms with E-state index in [4.69, 9.17) is 16.6 Å². The summed E-state index contributed by atoms with van der Waals surface area (Å²) in [5.41, 5.74) is 3.48. The molecule has 2 aromatic carbocycles. The van der Waals surface area contributed by atoms with Crippen molar-refractivity contribution in [3.8, 4) is 0 Å². The molecule has 9 heteroatoms. The molecule has 0 bridgehead atoms. The third-order valence-electron chi connectivity index (χ3n) is 5.69. The van der Waals surface area contributed by atoms with E-state index < -0.39 is 9.84 Å². The topological polar surface area (TPSA) is 70.6 Å². The molecule has 1 saturated heterocycles. The first kappa shape index (κ1) is 23.0. The standard InChI is InChI=1S/C23H26ClN3O3S2/c1-16-14-17(2)22-20(15-16)25-23(31-22)27-11-9-26(10-12-27)21(28)4-3-13-32(29,30)19-7-5-18(24)6-8-19/h5-8,14-15H,3-4,9-13H2,1-2H3. The fraction of sp³-hybridized carbons (Fsp3) is 0.391. The number of aryl methyl sites for hydroxylation is 2. The predicted molar refractivity (Wildman–Crippen MR) is 131 cm³/mol. The molecular weight excluding hydrogens is 466 g/mol. The number of carbonyl (C=O) groups is 1. The lowest BCUT2D eigenvalue weighted by Gasteiger charge is -2.34. The Hall–Kier alpha value is -2.16. The molecule has 1 fully saturated rings. The van der Waals surface area contributed by atoms with Gasteiger partial charge in [0.05, 0.1) is 20.9 Å². The van der Waals surface area contributed by atoms with Crippen LogP contribution in [0.4, 0.5) is 5.13 Å². The minimum Gasteiger partial charge on any atom is -0.345 e. The van der Waals surface area contributed by atoms with Gasteiger partial charge in [0.25, 0.3) is 0 Å². The molecule has 170 valence electrons. The van der Waals surface area contributed by atoms with E-state index in [9.17, 15) is 13.2 Å². The Bertz CT molecular complexity index is 1230. The molecule has 0 spiro atoms. The van der Waals surface area contributed by atoms with Crippen molar-refractivity contribution >= 4 is 54.0 Å². The van der Waals surface area contributed by atoms with Crippen LogP contribution in [0.5, 0.6) is 0 Å². The van der Waals surface area contributed by atoms with Gasteiger partial charge in [-0.2, -0.15) is 0 Å². The van der Waals surface area contributed by atoms with Gasteiger partial charge in [0.1, 0.15) is 0 Å². The minimum absolute atomic E-state index is 0.00623. The van der Waals surface area contributed by atoms with E-state index in [-0.39, 0.29) is 23.0 Å². The molecule has 0 saturated carbocycles. The minimum atomic E-state index is -3.41. The number of halogens is 1. The first-order valence-corrected chi connectivity index (χ1v) is 13.5. The number of amides is 1. The molecule has 0 atom stereocenters. The number of sulfone groups is 1. The van der Waals surface area contributed by atoms with Crippen molar-refractivity contribution in [1.29, 1.82) is 0 Å². The van der Waals surface area contributed by atoms with Crippen molar-refractivity contribution in [3.63, 3.8) is 0 Å². The largest absolute Gasteiger partial charge is 0.345 e. The molecule has 2 heterocycles. The molecule has 1 amide bonds. The SMILES string of the molecule is Cc1cc(C)c2sc(N3CCN(C(=O)CCCS(=O)(=O)c4ccc(Cl)cc4)CC3)nc2c1. The van der Waals surface area contributed by atoms with Crippen molar-refractivity contribution in [2.75, 3.05) is 36.8 Å². The molecule has 0 aliphatic carbocycles. The maximum absolute atomic E-state index is 12.6. The molecule has 1 aliphatic heterocycles. The van der Waals surface area contributed by atoms with E-state index in [0.717, 1.165) is 23.7 Å². The van der Waals surface area contributed by atoms with Gasteiger partial charge in [-0.1, -0.05) is 29.0 Å². The highest BCUT2D eigenvalue weighted by Gasteiger charge is 2.24. The van der Waals surface area contributed by atoms with Crippen LogP contribution in [0.15, 0.2) is 41.3 Å². The smallest absolute Gasteiger partial charge is 0.222 e. The second kappa shape index (κ2) is 9.37. The van der Waals surface area contributed by atoms with Crippen LogP contribution >= 0.6 is 22.9 Å². The van der Waals surface area contributed by atoms with Gasteiger partial charge >= 0.3 is 0 Å². The maximum Gasteiger partial charge on any atom is 0.222 e. The Labute approximate surface area is 197 Å². The van der Waals surface area contributed by atoms with E-state index in [1.54, 1.807) is 23.5 Å². The molecule has 0 radical (unpaired) electrons. The second-order valence-electron chi connectivity index (χ2n) is 8.17. The van der Waals surface area contributed by atoms with Gasteiger partial charge in [0.15, 0.2) is 15.0 Å². The van der Waals surface area contributed by atoms with E-state index in [1.165, 1.54) is 28.0 Å². The van der Waals surface area contributed by atoms with Crippen LogP contribution in [0.1, 0.15) is 24.0 Å². The number of hydrogen-bond donors (Lipinski definition) is 0. The number of benzene rings is 2. The van der Waals surface area contributed by atoms with Gasteiger partial charge < -0.3 is 9.80 Å². The Kier molecular flexibility index (Phi) is 6.74. The number of anilines is 1. The maximum atomic E-state index is 12.6. The first-order chi connectivity index (χ1) is 15.2. The second-order valence-corrected chi connectivity index (χ2v) is 11.7. The molecule has 1 aliphatic rings. The lowest BCUT2D eigenvalue weighted by Crippen LogP contribution is -2.48. The van der Waals surface area contributed by atoms with Crippen LogP contribution in [0.25, 0.3) is 10.2 Å². The van der Waals surface area contributed by atoms with Crippen molar-refractivity contribution in [1.82, 2.24) is 9.88 Å². The first-order valence-electron chi connectivity index (χ1n) is 10.6. The zero-order valence-electron chi connectivity index (χ0n) is 18.2. The summed E-state index contributed by atoms with van der Waals surface area (Å²) in [4.78, 5) is 21.7. The van der Waals surface area contributed by atoms with Crippen LogP contribution < -0.4 is 4.90 Å². The summed E-state index contributed by atoms with van der Waals surface area (Å²) in [7, 11) is -3.41. The van der Waals surface area contributed by atoms with Crippen LogP contribution in [0.2, 0.25) is 5.02 Å². The fourth-order valence-corrected chi connectivity index (χ4v) is 6.48. The summed E-state index contributed by atoms with van der Waals surface area (Å²) in [6.45, 7) is 6.89. The zero-order chi connectivity index (χ0) is 22.9. The van der Waals surface area contributed by atoms with Crippen molar-refractivity contribution in [2.24, 2.45) is 0 Å². The third kappa shape index (κ3) is 5.08. The highest BCUT2D eigenvalue weighted by molar-refractivity contribution is 7.91. The number of rotatable bonds is 6. The molecule has 0 unspecified atom stereocenters. The zero-order valence-corrected chi connectivity index (χ0v) is 20.6. The fourth-order valence-electron chi connectivity index (χ4n) is 3.98. The molecule has 4 rings (SSSR count). The Morgan fingerprint density at radius 3 is 2.47 bits per heavy atom. The van der Waals surface area contributed by atoms with Crippen LogP contribution in [-0.2, 0) is 14.6 Å². The summed E-state index contributed by atoms with van der Waals surface area (Å²) >= 11 is 7.53. The van der Waals surface area contributed by atoms with Gasteiger partial charge in [-0.15, -0.1) is 0 Å². The Balaban J connectivity index is 1.29. The number of thiazole rings is 1. The summed E-state index contributed by atoms with van der Waals surface area (Å²) < 4.78 is 26.1. The summed E-state index contributed by atoms with van der Waals surface area (Å²) in [5.74, 6) is -0.0446. The molecule has 0 N–H and O–H groups in total. The van der Waals surface area contributed by atoms with Gasteiger partial charge in [-0.05, 0) is 61.7 Å². The van der Waals surface area contributed by atoms with Crippen molar-refractivity contribution < 1.29 is 13.2 Å². The van der Waals surface area contributed by atoms with Crippen LogP contribution in [-0.4, -0.2) is 56.1 Å². The third-order valence-corrected chi connectivity index (χ3v) is 9.02. The average molecular weight is 492 g/mol. The number of fused-ring (bicyclic) bond motifs is 1. The molecule has 3 aromatic rings. The Morgan fingerprint density at radius 2 is 1.78 bits per heavy atom. The monoisotopic (exact) mass is 491 g/mol. The van der Waals surface area contributed by atoms with E-state index in [1.807, 2.05) is 4.90 Å². The van der Waals surface area contributed by atoms with Gasteiger partial charge in [0, 0.05) is 37.6 Å². The Morgan fingerprint density at radius 1 is 1.09 bits per heavy atom. The molecular formula is C23H26ClN3O3S2. The number of aromatic nitrogens is 1. The summed E-state index contributed by atoms with van der Waals surface area (Å²) in [6, 6.07) is 10.4. The van der Waals surface area contributed by atoms with E-state index >= 15 is 0 Å². The number of nitrogens with zero attached hydrogens (tertiary/aromatic N) is 3. The van der Waals surface area contributed by atoms with Gasteiger partial charge in [-0.3, -0.25) is 4.79 Å². The average Bonchev–Trinajstić information content (AvgIpc) is 3.18. The normalized spacial score (nSPS) is 14.8. The quantitative estimate of drug-likeness (QED) is 0.508. The predicted octanol–water partition coefficient (Wildman–Crippen LogP) is 4.47. The van der Waals surface area contributed by atoms with E-state index in [0.29, 0.717) is 24.5 Å². The molecule has 1 aromatic heterocycles. The summed E-state index contributed by atoms with van der Waals surface area (Å²) in [5, 5.41) is 1.49. The molecule has 6 nitrogen and oxygen atoms in total. The van der Waals surface area contributed by atoms with E-state index in [2.05, 4.69) is 30.9 Å². The van der Waals surface area contributed by atoms with Gasteiger partial charge in [0.2, 0.25) is 5.91 Å². The summed E-state index contributed by atoms with van der Waals surface area (Å²) in [6.07, 6.45) is 0.535. The van der Waals surface area contributed by atoms with Crippen molar-refractivity contribution in [3.05, 3.63) is 52.5 Å².